The molecule has 0 N–H and O–H groups in total. The second kappa shape index (κ2) is 6.88. The lowest BCUT2D eigenvalue weighted by atomic mass is 9.93. The van der Waals surface area contributed by atoms with E-state index in [0.29, 0.717) is 5.92 Å². The number of nitrogens with zero attached hydrogens (tertiary/aromatic N) is 2. The third kappa shape index (κ3) is 5.08. The van der Waals surface area contributed by atoms with Gasteiger partial charge in [0.1, 0.15) is 0 Å². The molecule has 1 aromatic heterocycles. The zero-order valence-corrected chi connectivity index (χ0v) is 14.5. The summed E-state index contributed by atoms with van der Waals surface area (Å²) in [5.74, 6) is 0.457. The first-order valence-corrected chi connectivity index (χ1v) is 8.21. The fourth-order valence-corrected chi connectivity index (χ4v) is 2.52. The molecule has 5 heteroatoms. The lowest BCUT2D eigenvalue weighted by Gasteiger charge is -2.32. The Bertz CT molecular complexity index is 474. The second-order valence-electron chi connectivity index (χ2n) is 6.67. The Kier molecular flexibility index (Phi) is 5.38. The summed E-state index contributed by atoms with van der Waals surface area (Å²) in [4.78, 5) is 21.7. The summed E-state index contributed by atoms with van der Waals surface area (Å²) in [7, 11) is 0. The van der Waals surface area contributed by atoms with Gasteiger partial charge in [-0.1, -0.05) is 0 Å². The average molecular weight is 355 g/mol. The lowest BCUT2D eigenvalue weighted by Crippen LogP contribution is -2.39. The minimum atomic E-state index is -0.446. The molecule has 0 unspecified atom stereocenters. The number of hydrogen-bond acceptors (Lipinski definition) is 4. The summed E-state index contributed by atoms with van der Waals surface area (Å²) >= 11 is 3.40. The van der Waals surface area contributed by atoms with Crippen LogP contribution in [-0.2, 0) is 16.1 Å². The molecular weight excluding hydrogens is 332 g/mol. The maximum absolute atomic E-state index is 11.9. The summed E-state index contributed by atoms with van der Waals surface area (Å²) in [6.07, 6.45) is 4.91. The van der Waals surface area contributed by atoms with Crippen LogP contribution in [0, 0.1) is 11.3 Å². The number of aromatic nitrogens is 1. The lowest BCUT2D eigenvalue weighted by molar-refractivity contribution is -0.206. The van der Waals surface area contributed by atoms with Crippen LogP contribution in [0.2, 0.25) is 0 Å². The van der Waals surface area contributed by atoms with Crippen LogP contribution in [0.3, 0.4) is 0 Å². The van der Waals surface area contributed by atoms with Crippen molar-refractivity contribution in [3.8, 4) is 0 Å². The Morgan fingerprint density at radius 1 is 1.38 bits per heavy atom. The van der Waals surface area contributed by atoms with E-state index < -0.39 is 5.41 Å². The third-order valence-electron chi connectivity index (χ3n) is 3.68. The molecule has 4 nitrogen and oxygen atoms in total. The molecule has 1 aromatic rings. The first-order valence-electron chi connectivity index (χ1n) is 7.42. The van der Waals surface area contributed by atoms with Crippen molar-refractivity contribution in [2.75, 3.05) is 13.1 Å². The minimum absolute atomic E-state index is 0.157. The van der Waals surface area contributed by atoms with Gasteiger partial charge in [0.05, 0.1) is 5.41 Å². The van der Waals surface area contributed by atoms with Gasteiger partial charge >= 0.3 is 5.97 Å². The van der Waals surface area contributed by atoms with Gasteiger partial charge in [0.15, 0.2) is 0 Å². The zero-order chi connectivity index (χ0) is 15.5. The number of carbonyl (C=O) groups is 1. The maximum Gasteiger partial charge on any atom is 0.330 e. The molecular formula is C16H23BrN2O2. The van der Waals surface area contributed by atoms with Crippen LogP contribution in [0.4, 0.5) is 0 Å². The summed E-state index contributed by atoms with van der Waals surface area (Å²) in [6.45, 7) is 7.25. The monoisotopic (exact) mass is 354 g/mol. The molecule has 2 rings (SSSR count). The molecule has 1 aliphatic rings. The SMILES string of the molecule is CC(C)(C)C(=O)ON1CCC(Cc2ccc(Br)cn2)CC1. The fraction of sp³-hybridized carbons (Fsp3) is 0.625. The van der Waals surface area contributed by atoms with Crippen molar-refractivity contribution >= 4 is 21.9 Å². The van der Waals surface area contributed by atoms with E-state index in [1.54, 1.807) is 5.06 Å². The number of pyridine rings is 1. The van der Waals surface area contributed by atoms with Crippen LogP contribution < -0.4 is 0 Å². The predicted octanol–water partition coefficient (Wildman–Crippen LogP) is 3.60. The maximum atomic E-state index is 11.9. The molecule has 0 aromatic carbocycles. The third-order valence-corrected chi connectivity index (χ3v) is 4.15. The zero-order valence-electron chi connectivity index (χ0n) is 12.9. The van der Waals surface area contributed by atoms with Gasteiger partial charge in [-0.05, 0) is 74.0 Å². The highest BCUT2D eigenvalue weighted by Crippen LogP contribution is 2.23. The van der Waals surface area contributed by atoms with Crippen molar-refractivity contribution in [2.45, 2.75) is 40.0 Å². The molecule has 0 bridgehead atoms. The number of carbonyl (C=O) groups excluding carboxylic acids is 1. The summed E-state index contributed by atoms with van der Waals surface area (Å²) in [6, 6.07) is 4.10. The Morgan fingerprint density at radius 3 is 2.57 bits per heavy atom. The molecule has 0 atom stereocenters. The quantitative estimate of drug-likeness (QED) is 0.831. The van der Waals surface area contributed by atoms with Crippen LogP contribution in [0.1, 0.15) is 39.3 Å². The van der Waals surface area contributed by atoms with Crippen molar-refractivity contribution in [3.63, 3.8) is 0 Å². The van der Waals surface area contributed by atoms with Crippen molar-refractivity contribution in [2.24, 2.45) is 11.3 Å². The van der Waals surface area contributed by atoms with Crippen LogP contribution in [-0.4, -0.2) is 29.1 Å². The number of rotatable bonds is 3. The Balaban J connectivity index is 1.78. The molecule has 1 aliphatic heterocycles. The minimum Gasteiger partial charge on any atom is -0.367 e. The van der Waals surface area contributed by atoms with Crippen LogP contribution in [0.25, 0.3) is 0 Å². The average Bonchev–Trinajstić information content (AvgIpc) is 2.42. The molecule has 0 spiro atoms. The van der Waals surface area contributed by atoms with Crippen molar-refractivity contribution < 1.29 is 9.63 Å². The first-order chi connectivity index (χ1) is 9.84. The van der Waals surface area contributed by atoms with E-state index in [0.717, 1.165) is 42.5 Å². The van der Waals surface area contributed by atoms with E-state index in [2.05, 4.69) is 27.0 Å². The fourth-order valence-electron chi connectivity index (χ4n) is 2.28. The van der Waals surface area contributed by atoms with Crippen LogP contribution >= 0.6 is 15.9 Å². The molecule has 0 saturated carbocycles. The standard InChI is InChI=1S/C16H23BrN2O2/c1-16(2,3)15(20)21-19-8-6-12(7-9-19)10-14-5-4-13(17)11-18-14/h4-5,11-12H,6-10H2,1-3H3. The summed E-state index contributed by atoms with van der Waals surface area (Å²) in [5.41, 5.74) is 0.682. The number of piperidine rings is 1. The smallest absolute Gasteiger partial charge is 0.330 e. The Labute approximate surface area is 135 Å². The molecule has 0 amide bonds. The van der Waals surface area contributed by atoms with E-state index >= 15 is 0 Å². The Morgan fingerprint density at radius 2 is 2.05 bits per heavy atom. The van der Waals surface area contributed by atoms with Gasteiger partial charge in [0.25, 0.3) is 0 Å². The molecule has 0 radical (unpaired) electrons. The van der Waals surface area contributed by atoms with Crippen molar-refractivity contribution in [3.05, 3.63) is 28.5 Å². The first kappa shape index (κ1) is 16.4. The van der Waals surface area contributed by atoms with Crippen molar-refractivity contribution in [1.82, 2.24) is 10.0 Å². The second-order valence-corrected chi connectivity index (χ2v) is 7.59. The largest absolute Gasteiger partial charge is 0.367 e. The van der Waals surface area contributed by atoms with Gasteiger partial charge in [-0.15, -0.1) is 5.06 Å². The highest BCUT2D eigenvalue weighted by molar-refractivity contribution is 9.10. The van der Waals surface area contributed by atoms with Gasteiger partial charge in [-0.2, -0.15) is 0 Å². The molecule has 2 heterocycles. The van der Waals surface area contributed by atoms with E-state index in [1.807, 2.05) is 33.0 Å². The highest BCUT2D eigenvalue weighted by Gasteiger charge is 2.28. The predicted molar refractivity (Wildman–Crippen MR) is 85.5 cm³/mol. The summed E-state index contributed by atoms with van der Waals surface area (Å²) < 4.78 is 1.01. The van der Waals surface area contributed by atoms with Crippen LogP contribution in [0.15, 0.2) is 22.8 Å². The molecule has 1 saturated heterocycles. The topological polar surface area (TPSA) is 42.4 Å². The van der Waals surface area contributed by atoms with Gasteiger partial charge in [0.2, 0.25) is 0 Å². The van der Waals surface area contributed by atoms with E-state index in [1.165, 1.54) is 0 Å². The van der Waals surface area contributed by atoms with E-state index in [4.69, 9.17) is 4.84 Å². The molecule has 116 valence electrons. The highest BCUT2D eigenvalue weighted by atomic mass is 79.9. The van der Waals surface area contributed by atoms with Gasteiger partial charge in [0, 0.05) is 29.5 Å². The van der Waals surface area contributed by atoms with E-state index in [9.17, 15) is 4.79 Å². The molecule has 21 heavy (non-hydrogen) atoms. The normalized spacial score (nSPS) is 17.7. The van der Waals surface area contributed by atoms with Gasteiger partial charge in [-0.3, -0.25) is 4.98 Å². The number of hydroxylamine groups is 2. The van der Waals surface area contributed by atoms with Crippen LogP contribution in [0.5, 0.6) is 0 Å². The summed E-state index contributed by atoms with van der Waals surface area (Å²) in [5, 5.41) is 1.80. The molecule has 0 aliphatic carbocycles. The number of halogens is 1. The van der Waals surface area contributed by atoms with Gasteiger partial charge in [-0.25, -0.2) is 4.79 Å². The van der Waals surface area contributed by atoms with Crippen molar-refractivity contribution in [1.29, 1.82) is 0 Å². The Hall–Kier alpha value is -0.940. The number of hydrogen-bond donors (Lipinski definition) is 0. The van der Waals surface area contributed by atoms with E-state index in [-0.39, 0.29) is 5.97 Å². The van der Waals surface area contributed by atoms with Gasteiger partial charge < -0.3 is 4.84 Å². The molecule has 1 fully saturated rings.